The van der Waals surface area contributed by atoms with Gasteiger partial charge in [-0.25, -0.2) is 0 Å². The molecular formula is C16H12ClF3N2O2. The van der Waals surface area contributed by atoms with E-state index < -0.39 is 23.6 Å². The predicted octanol–water partition coefficient (Wildman–Crippen LogP) is 3.36. The minimum atomic E-state index is -4.42. The van der Waals surface area contributed by atoms with E-state index >= 15 is 0 Å². The van der Waals surface area contributed by atoms with E-state index in [1.807, 2.05) is 0 Å². The summed E-state index contributed by atoms with van der Waals surface area (Å²) in [6.07, 6.45) is -4.60. The first-order valence-corrected chi connectivity index (χ1v) is 7.14. The molecule has 126 valence electrons. The molecule has 2 N–H and O–H groups in total. The molecule has 0 atom stereocenters. The van der Waals surface area contributed by atoms with Crippen LogP contribution in [0.3, 0.4) is 0 Å². The Labute approximate surface area is 140 Å². The summed E-state index contributed by atoms with van der Waals surface area (Å²) in [5.41, 5.74) is 4.25. The maximum absolute atomic E-state index is 12.4. The molecule has 0 aliphatic heterocycles. The lowest BCUT2D eigenvalue weighted by molar-refractivity contribution is -0.137. The second-order valence-electron chi connectivity index (χ2n) is 4.88. The van der Waals surface area contributed by atoms with Crippen LogP contribution in [0.5, 0.6) is 0 Å². The van der Waals surface area contributed by atoms with Gasteiger partial charge in [-0.15, -0.1) is 0 Å². The molecule has 0 saturated heterocycles. The van der Waals surface area contributed by atoms with Gasteiger partial charge in [0, 0.05) is 10.6 Å². The number of halogens is 4. The van der Waals surface area contributed by atoms with E-state index in [-0.39, 0.29) is 12.0 Å². The molecule has 0 heterocycles. The number of rotatable bonds is 3. The third kappa shape index (κ3) is 4.99. The molecule has 0 unspecified atom stereocenters. The van der Waals surface area contributed by atoms with Gasteiger partial charge in [0.1, 0.15) is 0 Å². The van der Waals surface area contributed by atoms with Crippen molar-refractivity contribution in [2.24, 2.45) is 0 Å². The van der Waals surface area contributed by atoms with Crippen molar-refractivity contribution in [1.82, 2.24) is 10.9 Å². The minimum absolute atomic E-state index is 0.173. The smallest absolute Gasteiger partial charge is 0.273 e. The van der Waals surface area contributed by atoms with Crippen LogP contribution in [-0.4, -0.2) is 11.8 Å². The van der Waals surface area contributed by atoms with Crippen LogP contribution in [0.2, 0.25) is 5.02 Å². The van der Waals surface area contributed by atoms with Gasteiger partial charge in [0.15, 0.2) is 0 Å². The van der Waals surface area contributed by atoms with Crippen molar-refractivity contribution in [2.75, 3.05) is 0 Å². The minimum Gasteiger partial charge on any atom is -0.273 e. The van der Waals surface area contributed by atoms with E-state index in [2.05, 4.69) is 10.9 Å². The van der Waals surface area contributed by atoms with Crippen molar-refractivity contribution in [3.05, 3.63) is 70.2 Å². The zero-order valence-corrected chi connectivity index (χ0v) is 12.9. The molecule has 2 aromatic rings. The van der Waals surface area contributed by atoms with E-state index in [9.17, 15) is 22.8 Å². The van der Waals surface area contributed by atoms with Crippen LogP contribution in [0.4, 0.5) is 13.2 Å². The first-order valence-electron chi connectivity index (χ1n) is 6.76. The number of hydrogen-bond acceptors (Lipinski definition) is 2. The highest BCUT2D eigenvalue weighted by atomic mass is 35.5. The van der Waals surface area contributed by atoms with Gasteiger partial charge < -0.3 is 0 Å². The maximum Gasteiger partial charge on any atom is 0.416 e. The molecule has 0 bridgehead atoms. The molecule has 0 aliphatic carbocycles. The Balaban J connectivity index is 1.88. The second-order valence-corrected chi connectivity index (χ2v) is 5.32. The molecule has 8 heteroatoms. The van der Waals surface area contributed by atoms with E-state index in [4.69, 9.17) is 11.6 Å². The van der Waals surface area contributed by atoms with Crippen molar-refractivity contribution < 1.29 is 22.8 Å². The van der Waals surface area contributed by atoms with Crippen molar-refractivity contribution in [1.29, 1.82) is 0 Å². The Hall–Kier alpha value is -2.54. The molecule has 24 heavy (non-hydrogen) atoms. The number of carbonyl (C=O) groups is 2. The average Bonchev–Trinajstić information content (AvgIpc) is 2.52. The van der Waals surface area contributed by atoms with Gasteiger partial charge in [-0.2, -0.15) is 13.2 Å². The van der Waals surface area contributed by atoms with Crippen LogP contribution in [0.1, 0.15) is 21.5 Å². The van der Waals surface area contributed by atoms with Gasteiger partial charge in [0.05, 0.1) is 12.0 Å². The Morgan fingerprint density at radius 3 is 2.25 bits per heavy atom. The highest BCUT2D eigenvalue weighted by Gasteiger charge is 2.29. The molecule has 0 fully saturated rings. The third-order valence-electron chi connectivity index (χ3n) is 3.05. The summed E-state index contributed by atoms with van der Waals surface area (Å²) in [5, 5.41) is 0.374. The molecule has 2 amide bonds. The van der Waals surface area contributed by atoms with Gasteiger partial charge in [-0.05, 0) is 35.9 Å². The topological polar surface area (TPSA) is 58.2 Å². The monoisotopic (exact) mass is 356 g/mol. The van der Waals surface area contributed by atoms with Crippen molar-refractivity contribution in [2.45, 2.75) is 12.6 Å². The van der Waals surface area contributed by atoms with Crippen LogP contribution >= 0.6 is 11.6 Å². The molecule has 0 aliphatic rings. The second kappa shape index (κ2) is 7.35. The summed E-state index contributed by atoms with van der Waals surface area (Å²) in [5.74, 6) is -1.12. The first-order chi connectivity index (χ1) is 11.3. The third-order valence-corrected chi connectivity index (χ3v) is 3.28. The molecule has 0 radical (unpaired) electrons. The standard InChI is InChI=1S/C16H12ClF3N2O2/c17-13-3-1-2-11(9-13)15(24)22-21-14(23)8-10-4-6-12(7-5-10)16(18,19)20/h1-7,9H,8H2,(H,21,23)(H,22,24). The summed E-state index contributed by atoms with van der Waals surface area (Å²) in [4.78, 5) is 23.5. The van der Waals surface area contributed by atoms with Crippen LogP contribution in [0.15, 0.2) is 48.5 Å². The number of carbonyl (C=O) groups excluding carboxylic acids is 2. The summed E-state index contributed by atoms with van der Waals surface area (Å²) in [6.45, 7) is 0. The van der Waals surface area contributed by atoms with Crippen LogP contribution in [0.25, 0.3) is 0 Å². The lowest BCUT2D eigenvalue weighted by Gasteiger charge is -2.09. The molecule has 2 rings (SSSR count). The zero-order chi connectivity index (χ0) is 17.7. The zero-order valence-electron chi connectivity index (χ0n) is 12.2. The summed E-state index contributed by atoms with van der Waals surface area (Å²) < 4.78 is 37.3. The predicted molar refractivity (Wildman–Crippen MR) is 82.2 cm³/mol. The fraction of sp³-hybridized carbons (Fsp3) is 0.125. The van der Waals surface area contributed by atoms with Crippen LogP contribution in [0, 0.1) is 0 Å². The van der Waals surface area contributed by atoms with Gasteiger partial charge in [-0.1, -0.05) is 29.8 Å². The van der Waals surface area contributed by atoms with Crippen molar-refractivity contribution >= 4 is 23.4 Å². The number of benzene rings is 2. The van der Waals surface area contributed by atoms with E-state index in [1.54, 1.807) is 12.1 Å². The van der Waals surface area contributed by atoms with Crippen molar-refractivity contribution in [3.63, 3.8) is 0 Å². The fourth-order valence-corrected chi connectivity index (χ4v) is 2.06. The number of alkyl halides is 3. The maximum atomic E-state index is 12.4. The van der Waals surface area contributed by atoms with Gasteiger partial charge in [0.25, 0.3) is 5.91 Å². The molecule has 0 aromatic heterocycles. The molecule has 0 spiro atoms. The van der Waals surface area contributed by atoms with Gasteiger partial charge in [-0.3, -0.25) is 20.4 Å². The average molecular weight is 357 g/mol. The molecular weight excluding hydrogens is 345 g/mol. The first kappa shape index (κ1) is 17.8. The van der Waals surface area contributed by atoms with Gasteiger partial charge in [0.2, 0.25) is 5.91 Å². The van der Waals surface area contributed by atoms with E-state index in [0.717, 1.165) is 12.1 Å². The number of amides is 2. The normalized spacial score (nSPS) is 11.0. The highest BCUT2D eigenvalue weighted by Crippen LogP contribution is 2.29. The van der Waals surface area contributed by atoms with E-state index in [1.165, 1.54) is 24.3 Å². The van der Waals surface area contributed by atoms with Crippen LogP contribution < -0.4 is 10.9 Å². The Morgan fingerprint density at radius 2 is 1.67 bits per heavy atom. The number of hydrogen-bond donors (Lipinski definition) is 2. The lowest BCUT2D eigenvalue weighted by Crippen LogP contribution is -2.42. The highest BCUT2D eigenvalue weighted by molar-refractivity contribution is 6.30. The van der Waals surface area contributed by atoms with Crippen molar-refractivity contribution in [3.8, 4) is 0 Å². The SMILES string of the molecule is O=C(Cc1ccc(C(F)(F)F)cc1)NNC(=O)c1cccc(Cl)c1. The van der Waals surface area contributed by atoms with Crippen LogP contribution in [-0.2, 0) is 17.4 Å². The fourth-order valence-electron chi connectivity index (χ4n) is 1.87. The summed E-state index contributed by atoms with van der Waals surface area (Å²) in [6, 6.07) is 10.3. The molecule has 4 nitrogen and oxygen atoms in total. The Bertz CT molecular complexity index is 746. The Morgan fingerprint density at radius 1 is 1.00 bits per heavy atom. The van der Waals surface area contributed by atoms with Gasteiger partial charge >= 0.3 is 6.18 Å². The largest absolute Gasteiger partial charge is 0.416 e. The molecule has 0 saturated carbocycles. The lowest BCUT2D eigenvalue weighted by atomic mass is 10.1. The summed E-state index contributed by atoms with van der Waals surface area (Å²) in [7, 11) is 0. The number of nitrogens with one attached hydrogen (secondary N) is 2. The summed E-state index contributed by atoms with van der Waals surface area (Å²) >= 11 is 5.76. The Kier molecular flexibility index (Phi) is 5.46. The van der Waals surface area contributed by atoms with E-state index in [0.29, 0.717) is 10.6 Å². The molecule has 2 aromatic carbocycles. The number of hydrazine groups is 1. The quantitative estimate of drug-likeness (QED) is 0.828.